The van der Waals surface area contributed by atoms with Crippen LogP contribution in [0.3, 0.4) is 0 Å². The van der Waals surface area contributed by atoms with E-state index in [-0.39, 0.29) is 11.6 Å². The number of aliphatic hydroxyl groups is 1. The summed E-state index contributed by atoms with van der Waals surface area (Å²) in [6, 6.07) is 3.04. The molecular weight excluding hydrogens is 359 g/mol. The van der Waals surface area contributed by atoms with Crippen molar-refractivity contribution in [1.82, 2.24) is 10.2 Å². The average molecular weight is 379 g/mol. The highest BCUT2D eigenvalue weighted by molar-refractivity contribution is 5.73. The van der Waals surface area contributed by atoms with E-state index in [0.29, 0.717) is 24.4 Å². The Bertz CT molecular complexity index is 888. The van der Waals surface area contributed by atoms with Gasteiger partial charge in [0.05, 0.1) is 11.2 Å². The highest BCUT2D eigenvalue weighted by Crippen LogP contribution is 2.41. The summed E-state index contributed by atoms with van der Waals surface area (Å²) in [6.45, 7) is 1.79. The van der Waals surface area contributed by atoms with Crippen molar-refractivity contribution in [2.75, 3.05) is 5.32 Å². The number of hydrogen-bond donors (Lipinski definition) is 3. The van der Waals surface area contributed by atoms with Gasteiger partial charge in [-0.3, -0.25) is 0 Å². The Kier molecular flexibility index (Phi) is 4.06. The molecule has 0 saturated heterocycles. The molecule has 0 atom stereocenters. The lowest BCUT2D eigenvalue weighted by Gasteiger charge is -2.41. The van der Waals surface area contributed by atoms with Crippen LogP contribution in [0.15, 0.2) is 18.2 Å². The van der Waals surface area contributed by atoms with Crippen LogP contribution in [-0.4, -0.2) is 32.1 Å². The van der Waals surface area contributed by atoms with E-state index < -0.39 is 23.1 Å². The zero-order chi connectivity index (χ0) is 19.4. The summed E-state index contributed by atoms with van der Waals surface area (Å²) < 4.78 is 38.5. The molecule has 0 spiro atoms. The first-order chi connectivity index (χ1) is 12.6. The molecule has 4 rings (SSSR count). The van der Waals surface area contributed by atoms with E-state index in [9.17, 15) is 23.4 Å². The number of benzene rings is 1. The molecule has 8 heteroatoms. The van der Waals surface area contributed by atoms with Crippen molar-refractivity contribution in [2.24, 2.45) is 0 Å². The molecule has 2 aliphatic rings. The molecule has 1 fully saturated rings. The van der Waals surface area contributed by atoms with E-state index in [1.54, 1.807) is 6.92 Å². The van der Waals surface area contributed by atoms with Crippen LogP contribution in [-0.2, 0) is 19.0 Å². The second-order valence-corrected chi connectivity index (χ2v) is 7.68. The van der Waals surface area contributed by atoms with Gasteiger partial charge in [-0.05, 0) is 62.8 Å². The number of anilines is 1. The molecule has 2 aromatic rings. The molecule has 0 amide bonds. The SMILES string of the molecule is CC1(O)CC(Nc2nnc(-c3ccc(C(F)(F)F)cc3O)c3c2CCC3)C1. The van der Waals surface area contributed by atoms with Gasteiger partial charge in [-0.2, -0.15) is 13.2 Å². The number of phenolic OH excluding ortho intramolecular Hbond substituents is 1. The van der Waals surface area contributed by atoms with Crippen LogP contribution < -0.4 is 5.32 Å². The number of phenols is 1. The molecule has 1 heterocycles. The summed E-state index contributed by atoms with van der Waals surface area (Å²) >= 11 is 0. The molecule has 144 valence electrons. The van der Waals surface area contributed by atoms with Gasteiger partial charge in [-0.25, -0.2) is 0 Å². The fourth-order valence-electron chi connectivity index (χ4n) is 4.02. The van der Waals surface area contributed by atoms with E-state index in [0.717, 1.165) is 42.5 Å². The Hall–Kier alpha value is -2.35. The topological polar surface area (TPSA) is 78.3 Å². The number of nitrogens with zero attached hydrogens (tertiary/aromatic N) is 2. The van der Waals surface area contributed by atoms with Gasteiger partial charge in [0.15, 0.2) is 5.82 Å². The minimum atomic E-state index is -4.51. The lowest BCUT2D eigenvalue weighted by molar-refractivity contribution is -0.137. The van der Waals surface area contributed by atoms with E-state index in [2.05, 4.69) is 15.5 Å². The van der Waals surface area contributed by atoms with Crippen molar-refractivity contribution >= 4 is 5.82 Å². The van der Waals surface area contributed by atoms with Gasteiger partial charge < -0.3 is 15.5 Å². The second kappa shape index (κ2) is 6.09. The van der Waals surface area contributed by atoms with Crippen LogP contribution in [0.4, 0.5) is 19.0 Å². The standard InChI is InChI=1S/C19H20F3N3O2/c1-18(27)8-11(9-18)23-17-13-4-2-3-12(13)16(24-25-17)14-6-5-10(7-15(14)26)19(20,21)22/h5-7,11,26-27H,2-4,8-9H2,1H3,(H,23,25). The van der Waals surface area contributed by atoms with Crippen LogP contribution in [0, 0.1) is 0 Å². The summed E-state index contributed by atoms with van der Waals surface area (Å²) in [5.74, 6) is 0.210. The van der Waals surface area contributed by atoms with Gasteiger partial charge in [-0.1, -0.05) is 0 Å². The number of alkyl halides is 3. The molecule has 0 radical (unpaired) electrons. The molecule has 1 aromatic heterocycles. The maximum Gasteiger partial charge on any atom is 0.416 e. The van der Waals surface area contributed by atoms with Gasteiger partial charge in [0, 0.05) is 17.2 Å². The highest BCUT2D eigenvalue weighted by atomic mass is 19.4. The summed E-state index contributed by atoms with van der Waals surface area (Å²) in [7, 11) is 0. The molecule has 1 aromatic carbocycles. The summed E-state index contributed by atoms with van der Waals surface area (Å²) in [6.07, 6.45) is -0.826. The minimum Gasteiger partial charge on any atom is -0.507 e. The molecule has 0 bridgehead atoms. The zero-order valence-electron chi connectivity index (χ0n) is 14.8. The van der Waals surface area contributed by atoms with Gasteiger partial charge in [-0.15, -0.1) is 10.2 Å². The first-order valence-electron chi connectivity index (χ1n) is 8.92. The predicted molar refractivity (Wildman–Crippen MR) is 93.4 cm³/mol. The molecular formula is C19H20F3N3O2. The monoisotopic (exact) mass is 379 g/mol. The fraction of sp³-hybridized carbons (Fsp3) is 0.474. The normalized spacial score (nSPS) is 24.4. The van der Waals surface area contributed by atoms with Crippen LogP contribution in [0.1, 0.15) is 42.9 Å². The Labute approximate surface area is 154 Å². The van der Waals surface area contributed by atoms with Crippen molar-refractivity contribution < 1.29 is 23.4 Å². The third-order valence-corrected chi connectivity index (χ3v) is 5.33. The summed E-state index contributed by atoms with van der Waals surface area (Å²) in [4.78, 5) is 0. The number of hydrogen-bond acceptors (Lipinski definition) is 5. The second-order valence-electron chi connectivity index (χ2n) is 7.68. The fourth-order valence-corrected chi connectivity index (χ4v) is 4.02. The molecule has 27 heavy (non-hydrogen) atoms. The van der Waals surface area contributed by atoms with E-state index >= 15 is 0 Å². The van der Waals surface area contributed by atoms with Gasteiger partial charge in [0.1, 0.15) is 11.4 Å². The molecule has 1 saturated carbocycles. The van der Waals surface area contributed by atoms with Crippen LogP contribution in [0.5, 0.6) is 5.75 Å². The first kappa shape index (κ1) is 18.0. The third kappa shape index (κ3) is 3.34. The van der Waals surface area contributed by atoms with E-state index in [4.69, 9.17) is 0 Å². The lowest BCUT2D eigenvalue weighted by atomic mass is 9.77. The van der Waals surface area contributed by atoms with Crippen molar-refractivity contribution in [3.8, 4) is 17.0 Å². The Morgan fingerprint density at radius 2 is 1.85 bits per heavy atom. The summed E-state index contributed by atoms with van der Waals surface area (Å²) in [5.41, 5.74) is 1.04. The van der Waals surface area contributed by atoms with Gasteiger partial charge in [0.2, 0.25) is 0 Å². The van der Waals surface area contributed by atoms with Gasteiger partial charge in [0.25, 0.3) is 0 Å². The predicted octanol–water partition coefficient (Wildman–Crippen LogP) is 3.68. The summed E-state index contributed by atoms with van der Waals surface area (Å²) in [5, 5.41) is 31.8. The van der Waals surface area contributed by atoms with Crippen molar-refractivity contribution in [1.29, 1.82) is 0 Å². The Morgan fingerprint density at radius 3 is 2.48 bits per heavy atom. The zero-order valence-corrected chi connectivity index (χ0v) is 14.8. The molecule has 5 nitrogen and oxygen atoms in total. The lowest BCUT2D eigenvalue weighted by Crippen LogP contribution is -2.48. The molecule has 0 aliphatic heterocycles. The molecule has 3 N–H and O–H groups in total. The number of rotatable bonds is 3. The molecule has 2 aliphatic carbocycles. The van der Waals surface area contributed by atoms with Crippen molar-refractivity contribution in [2.45, 2.75) is 56.8 Å². The number of fused-ring (bicyclic) bond motifs is 1. The van der Waals surface area contributed by atoms with Crippen LogP contribution >= 0.6 is 0 Å². The minimum absolute atomic E-state index is 0.129. The first-order valence-corrected chi connectivity index (χ1v) is 8.92. The van der Waals surface area contributed by atoms with E-state index in [1.807, 2.05) is 0 Å². The quantitative estimate of drug-likeness (QED) is 0.758. The maximum atomic E-state index is 12.8. The Morgan fingerprint density at radius 1 is 1.15 bits per heavy atom. The van der Waals surface area contributed by atoms with Crippen LogP contribution in [0.25, 0.3) is 11.3 Å². The van der Waals surface area contributed by atoms with Crippen molar-refractivity contribution in [3.63, 3.8) is 0 Å². The number of nitrogens with one attached hydrogen (secondary N) is 1. The number of halogens is 3. The largest absolute Gasteiger partial charge is 0.507 e. The number of aromatic hydroxyl groups is 1. The van der Waals surface area contributed by atoms with Gasteiger partial charge >= 0.3 is 6.18 Å². The maximum absolute atomic E-state index is 12.8. The Balaban J connectivity index is 1.66. The smallest absolute Gasteiger partial charge is 0.416 e. The highest BCUT2D eigenvalue weighted by Gasteiger charge is 2.39. The average Bonchev–Trinajstić information content (AvgIpc) is 3.03. The van der Waals surface area contributed by atoms with E-state index in [1.165, 1.54) is 6.07 Å². The molecule has 0 unspecified atom stereocenters. The number of aromatic nitrogens is 2. The van der Waals surface area contributed by atoms with Crippen molar-refractivity contribution in [3.05, 3.63) is 34.9 Å². The van der Waals surface area contributed by atoms with Crippen LogP contribution in [0.2, 0.25) is 0 Å². The third-order valence-electron chi connectivity index (χ3n) is 5.33.